The highest BCUT2D eigenvalue weighted by Crippen LogP contribution is 2.47. The lowest BCUT2D eigenvalue weighted by molar-refractivity contribution is -0.134. The largest absolute Gasteiger partial charge is 0.479 e. The number of hydrogen-bond donors (Lipinski definition) is 0. The molecule has 4 rings (SSSR count). The number of carbonyl (C=O) groups is 2. The molecule has 1 heterocycles. The van der Waals surface area contributed by atoms with Gasteiger partial charge < -0.3 is 9.64 Å². The van der Waals surface area contributed by atoms with Crippen molar-refractivity contribution in [3.8, 4) is 5.75 Å². The molecule has 0 radical (unpaired) electrons. The molecule has 1 atom stereocenters. The van der Waals surface area contributed by atoms with Crippen LogP contribution in [0.15, 0.2) is 24.3 Å². The van der Waals surface area contributed by atoms with E-state index < -0.39 is 6.10 Å². The first-order valence-corrected chi connectivity index (χ1v) is 8.89. The third kappa shape index (κ3) is 2.76. The van der Waals surface area contributed by atoms with Gasteiger partial charge in [-0.3, -0.25) is 14.5 Å². The molecule has 1 aromatic rings. The van der Waals surface area contributed by atoms with Crippen molar-refractivity contribution in [2.24, 2.45) is 11.8 Å². The summed E-state index contributed by atoms with van der Waals surface area (Å²) in [5.74, 6) is 1.87. The Morgan fingerprint density at radius 3 is 2.50 bits per heavy atom. The maximum atomic E-state index is 12.9. The molecule has 0 saturated heterocycles. The normalized spacial score (nSPS) is 23.0. The predicted molar refractivity (Wildman–Crippen MR) is 90.9 cm³/mol. The summed E-state index contributed by atoms with van der Waals surface area (Å²) in [5, 5.41) is 0. The Morgan fingerprint density at radius 1 is 1.25 bits per heavy atom. The second-order valence-electron chi connectivity index (χ2n) is 7.32. The van der Waals surface area contributed by atoms with Crippen molar-refractivity contribution in [1.82, 2.24) is 4.90 Å². The van der Waals surface area contributed by atoms with Gasteiger partial charge in [-0.15, -0.1) is 0 Å². The number of ether oxygens (including phenoxy) is 1. The zero-order valence-corrected chi connectivity index (χ0v) is 14.3. The van der Waals surface area contributed by atoms with E-state index in [4.69, 9.17) is 4.74 Å². The van der Waals surface area contributed by atoms with Crippen molar-refractivity contribution in [3.63, 3.8) is 0 Å². The summed E-state index contributed by atoms with van der Waals surface area (Å²) in [6.07, 6.45) is 4.37. The topological polar surface area (TPSA) is 49.9 Å². The van der Waals surface area contributed by atoms with Crippen LogP contribution in [0.5, 0.6) is 5.75 Å². The van der Waals surface area contributed by atoms with Gasteiger partial charge in [0.15, 0.2) is 6.10 Å². The Hall–Kier alpha value is -2.04. The van der Waals surface area contributed by atoms with Crippen LogP contribution < -0.4 is 9.64 Å². The second kappa shape index (κ2) is 5.80. The lowest BCUT2D eigenvalue weighted by Crippen LogP contribution is -2.51. The molecule has 128 valence electrons. The summed E-state index contributed by atoms with van der Waals surface area (Å²) in [5.41, 5.74) is 0.691. The molecule has 2 amide bonds. The van der Waals surface area contributed by atoms with Gasteiger partial charge in [0.1, 0.15) is 12.3 Å². The minimum Gasteiger partial charge on any atom is -0.479 e. The van der Waals surface area contributed by atoms with Crippen LogP contribution >= 0.6 is 0 Å². The molecule has 0 aromatic heterocycles. The van der Waals surface area contributed by atoms with E-state index in [0.717, 1.165) is 0 Å². The van der Waals surface area contributed by atoms with Gasteiger partial charge in [0.2, 0.25) is 5.91 Å². The first-order valence-electron chi connectivity index (χ1n) is 8.89. The van der Waals surface area contributed by atoms with Crippen LogP contribution in [0.2, 0.25) is 0 Å². The van der Waals surface area contributed by atoms with E-state index >= 15 is 0 Å². The maximum absolute atomic E-state index is 12.9. The summed E-state index contributed by atoms with van der Waals surface area (Å²) in [7, 11) is 1.91. The fraction of sp³-hybridized carbons (Fsp3) is 0.579. The number of benzene rings is 1. The van der Waals surface area contributed by atoms with Gasteiger partial charge in [0.05, 0.1) is 5.69 Å². The Balaban J connectivity index is 1.53. The lowest BCUT2D eigenvalue weighted by atomic mass is 10.1. The number of anilines is 1. The third-order valence-corrected chi connectivity index (χ3v) is 5.42. The summed E-state index contributed by atoms with van der Waals surface area (Å²) < 4.78 is 5.64. The van der Waals surface area contributed by atoms with Gasteiger partial charge in [0, 0.05) is 13.1 Å². The van der Waals surface area contributed by atoms with Crippen molar-refractivity contribution >= 4 is 17.5 Å². The van der Waals surface area contributed by atoms with Gasteiger partial charge in [-0.1, -0.05) is 12.1 Å². The molecule has 1 unspecified atom stereocenters. The fourth-order valence-corrected chi connectivity index (χ4v) is 3.83. The first kappa shape index (κ1) is 15.5. The highest BCUT2D eigenvalue weighted by atomic mass is 16.5. The van der Waals surface area contributed by atoms with Crippen molar-refractivity contribution in [2.75, 3.05) is 18.5 Å². The minimum atomic E-state index is -0.555. The molecule has 3 aliphatic rings. The summed E-state index contributed by atoms with van der Waals surface area (Å²) in [6.45, 7) is 1.83. The molecule has 2 fully saturated rings. The summed E-state index contributed by atoms with van der Waals surface area (Å²) in [4.78, 5) is 28.9. The zero-order chi connectivity index (χ0) is 16.8. The van der Waals surface area contributed by atoms with Gasteiger partial charge in [-0.25, -0.2) is 0 Å². The summed E-state index contributed by atoms with van der Waals surface area (Å²) >= 11 is 0. The average molecular weight is 328 g/mol. The van der Waals surface area contributed by atoms with Crippen molar-refractivity contribution < 1.29 is 14.3 Å². The van der Waals surface area contributed by atoms with Gasteiger partial charge >= 0.3 is 0 Å². The molecule has 5 heteroatoms. The number of carbonyl (C=O) groups excluding carboxylic acids is 2. The Kier molecular flexibility index (Phi) is 3.74. The van der Waals surface area contributed by atoms with Crippen LogP contribution in [0.4, 0.5) is 5.69 Å². The number of likely N-dealkylation sites (N-methyl/N-ethyl adjacent to an activating group) is 1. The van der Waals surface area contributed by atoms with E-state index in [1.165, 1.54) is 25.7 Å². The minimum absolute atomic E-state index is 0.0241. The number of amides is 2. The highest BCUT2D eigenvalue weighted by molar-refractivity contribution is 6.03. The van der Waals surface area contributed by atoms with Crippen molar-refractivity contribution in [1.29, 1.82) is 0 Å². The maximum Gasteiger partial charge on any atom is 0.268 e. The number of nitrogens with zero attached hydrogens (tertiary/aromatic N) is 2. The number of rotatable bonds is 5. The molecule has 24 heavy (non-hydrogen) atoms. The van der Waals surface area contributed by atoms with E-state index in [0.29, 0.717) is 29.3 Å². The van der Waals surface area contributed by atoms with Crippen LogP contribution in [-0.4, -0.2) is 42.5 Å². The molecule has 0 bridgehead atoms. The zero-order valence-electron chi connectivity index (χ0n) is 14.3. The average Bonchev–Trinajstić information content (AvgIpc) is 3.46. The monoisotopic (exact) mass is 328 g/mol. The van der Waals surface area contributed by atoms with Gasteiger partial charge in [0.25, 0.3) is 5.91 Å². The van der Waals surface area contributed by atoms with E-state index in [2.05, 4.69) is 0 Å². The van der Waals surface area contributed by atoms with Crippen LogP contribution in [0.1, 0.15) is 32.6 Å². The van der Waals surface area contributed by atoms with Crippen LogP contribution in [-0.2, 0) is 9.59 Å². The quantitative estimate of drug-likeness (QED) is 0.834. The fourth-order valence-electron chi connectivity index (χ4n) is 3.83. The van der Waals surface area contributed by atoms with Crippen LogP contribution in [0, 0.1) is 11.8 Å². The van der Waals surface area contributed by atoms with Crippen LogP contribution in [0.3, 0.4) is 0 Å². The molecule has 1 aliphatic heterocycles. The predicted octanol–water partition coefficient (Wildman–Crippen LogP) is 2.45. The standard InChI is InChI=1S/C19H24N2O3/c1-12-19(23)21(15-5-3-4-6-16(15)24-12)11-17(22)20(2)18(13-7-8-13)14-9-10-14/h3-6,12-14,18H,7-11H2,1-2H3. The molecule has 2 aliphatic carbocycles. The van der Waals surface area contributed by atoms with Gasteiger partial charge in [-0.2, -0.15) is 0 Å². The van der Waals surface area contributed by atoms with Crippen molar-refractivity contribution in [2.45, 2.75) is 44.8 Å². The van der Waals surface area contributed by atoms with E-state index in [1.54, 1.807) is 11.8 Å². The SMILES string of the molecule is CC1Oc2ccccc2N(CC(=O)N(C)C(C2CC2)C2CC2)C1=O. The number of para-hydroxylation sites is 2. The molecule has 5 nitrogen and oxygen atoms in total. The second-order valence-corrected chi connectivity index (χ2v) is 7.32. The molecular weight excluding hydrogens is 304 g/mol. The smallest absolute Gasteiger partial charge is 0.268 e. The molecule has 1 aromatic carbocycles. The van der Waals surface area contributed by atoms with Gasteiger partial charge in [-0.05, 0) is 56.6 Å². The Morgan fingerprint density at radius 2 is 1.88 bits per heavy atom. The molecule has 2 saturated carbocycles. The Labute approximate surface area is 142 Å². The first-order chi connectivity index (χ1) is 11.6. The number of fused-ring (bicyclic) bond motifs is 1. The van der Waals surface area contributed by atoms with Crippen LogP contribution in [0.25, 0.3) is 0 Å². The lowest BCUT2D eigenvalue weighted by Gasteiger charge is -2.35. The molecule has 0 N–H and O–H groups in total. The van der Waals surface area contributed by atoms with E-state index in [1.807, 2.05) is 36.2 Å². The van der Waals surface area contributed by atoms with E-state index in [-0.39, 0.29) is 18.4 Å². The molecular formula is C19H24N2O3. The number of hydrogen-bond acceptors (Lipinski definition) is 3. The highest BCUT2D eigenvalue weighted by Gasteiger charge is 2.45. The van der Waals surface area contributed by atoms with Crippen molar-refractivity contribution in [3.05, 3.63) is 24.3 Å². The third-order valence-electron chi connectivity index (χ3n) is 5.42. The molecule has 0 spiro atoms. The summed E-state index contributed by atoms with van der Waals surface area (Å²) in [6, 6.07) is 7.79. The Bertz CT molecular complexity index is 654. The van der Waals surface area contributed by atoms with E-state index in [9.17, 15) is 9.59 Å².